The Labute approximate surface area is 161 Å². The van der Waals surface area contributed by atoms with E-state index in [1.807, 2.05) is 33.8 Å². The van der Waals surface area contributed by atoms with Gasteiger partial charge >= 0.3 is 5.97 Å². The maximum absolute atomic E-state index is 13.0. The Hall–Kier alpha value is -2.10. The van der Waals surface area contributed by atoms with E-state index in [4.69, 9.17) is 9.47 Å². The molecule has 0 saturated heterocycles. The number of esters is 1. The van der Waals surface area contributed by atoms with Crippen LogP contribution in [0.25, 0.3) is 5.57 Å². The summed E-state index contributed by atoms with van der Waals surface area (Å²) in [6.07, 6.45) is 4.93. The summed E-state index contributed by atoms with van der Waals surface area (Å²) in [6, 6.07) is 4.00. The Morgan fingerprint density at radius 2 is 1.89 bits per heavy atom. The molecular weight excluding hydrogens is 340 g/mol. The fourth-order valence-electron chi connectivity index (χ4n) is 4.24. The van der Waals surface area contributed by atoms with E-state index in [1.165, 1.54) is 6.92 Å². The molecule has 0 N–H and O–H groups in total. The van der Waals surface area contributed by atoms with Gasteiger partial charge in [-0.15, -0.1) is 0 Å². The number of rotatable bonds is 5. The van der Waals surface area contributed by atoms with E-state index >= 15 is 0 Å². The lowest BCUT2D eigenvalue weighted by molar-refractivity contribution is -0.131. The van der Waals surface area contributed by atoms with E-state index in [1.54, 1.807) is 0 Å². The molecule has 0 unspecified atom stereocenters. The minimum absolute atomic E-state index is 0.119. The molecule has 1 aliphatic heterocycles. The molecule has 1 aromatic rings. The summed E-state index contributed by atoms with van der Waals surface area (Å²) < 4.78 is 11.9. The smallest absolute Gasteiger partial charge is 0.308 e. The van der Waals surface area contributed by atoms with Crippen molar-refractivity contribution in [3.8, 4) is 11.5 Å². The van der Waals surface area contributed by atoms with Gasteiger partial charge in [-0.2, -0.15) is 0 Å². The Bertz CT molecular complexity index is 827. The maximum atomic E-state index is 13.0. The SMILES string of the molecule is CCCCCc1cc(OC(C)=O)c2c(c1)OC(C)(C)C1=C2CC(C)(C)C1=O. The van der Waals surface area contributed by atoms with Gasteiger partial charge in [0.25, 0.3) is 0 Å². The molecule has 0 atom stereocenters. The zero-order valence-corrected chi connectivity index (χ0v) is 17.3. The van der Waals surface area contributed by atoms with Crippen LogP contribution in [0.2, 0.25) is 0 Å². The summed E-state index contributed by atoms with van der Waals surface area (Å²) in [5.74, 6) is 0.988. The standard InChI is InChI=1S/C23H30O4/c1-7-8-9-10-15-11-17(26-14(2)24)19-16-13-22(3,4)21(25)20(16)23(5,6)27-18(19)12-15/h11-12H,7-10,13H2,1-6H3. The van der Waals surface area contributed by atoms with Gasteiger partial charge in [0.1, 0.15) is 17.1 Å². The second-order valence-electron chi connectivity index (χ2n) is 8.87. The van der Waals surface area contributed by atoms with Crippen molar-refractivity contribution in [3.63, 3.8) is 0 Å². The van der Waals surface area contributed by atoms with E-state index in [0.29, 0.717) is 17.7 Å². The van der Waals surface area contributed by atoms with Gasteiger partial charge in [-0.1, -0.05) is 33.6 Å². The third kappa shape index (κ3) is 3.54. The van der Waals surface area contributed by atoms with Crippen molar-refractivity contribution < 1.29 is 19.1 Å². The van der Waals surface area contributed by atoms with Gasteiger partial charge in [-0.25, -0.2) is 0 Å². The van der Waals surface area contributed by atoms with Gasteiger partial charge in [-0.3, -0.25) is 9.59 Å². The van der Waals surface area contributed by atoms with Crippen LogP contribution in [0.5, 0.6) is 11.5 Å². The molecule has 0 saturated carbocycles. The summed E-state index contributed by atoms with van der Waals surface area (Å²) in [5, 5.41) is 0. The summed E-state index contributed by atoms with van der Waals surface area (Å²) in [5.41, 5.74) is 2.39. The Morgan fingerprint density at radius 1 is 1.19 bits per heavy atom. The molecule has 1 heterocycles. The Kier molecular flexibility index (Phi) is 4.96. The molecule has 0 bridgehead atoms. The summed E-state index contributed by atoms with van der Waals surface area (Å²) in [4.78, 5) is 24.8. The van der Waals surface area contributed by atoms with E-state index < -0.39 is 11.0 Å². The van der Waals surface area contributed by atoms with Crippen LogP contribution in [-0.2, 0) is 16.0 Å². The first-order valence-corrected chi connectivity index (χ1v) is 9.90. The number of unbranched alkanes of at least 4 members (excludes halogenated alkanes) is 2. The van der Waals surface area contributed by atoms with Crippen LogP contribution in [-0.4, -0.2) is 17.4 Å². The molecule has 0 amide bonds. The molecule has 4 nitrogen and oxygen atoms in total. The normalized spacial score (nSPS) is 19.4. The first-order chi connectivity index (χ1) is 12.6. The number of hydrogen-bond donors (Lipinski definition) is 0. The second-order valence-corrected chi connectivity index (χ2v) is 8.87. The van der Waals surface area contributed by atoms with Gasteiger partial charge in [0, 0.05) is 17.9 Å². The lowest BCUT2D eigenvalue weighted by atomic mass is 9.84. The van der Waals surface area contributed by atoms with Crippen molar-refractivity contribution >= 4 is 17.3 Å². The quantitative estimate of drug-likeness (QED) is 0.403. The number of Topliss-reactive ketones (excluding diaryl/α,β-unsaturated/α-hetero) is 1. The fourth-order valence-corrected chi connectivity index (χ4v) is 4.24. The first kappa shape index (κ1) is 19.7. The highest BCUT2D eigenvalue weighted by atomic mass is 16.5. The minimum atomic E-state index is -0.692. The number of hydrogen-bond acceptors (Lipinski definition) is 4. The lowest BCUT2D eigenvalue weighted by Crippen LogP contribution is -2.38. The highest BCUT2D eigenvalue weighted by Crippen LogP contribution is 2.55. The van der Waals surface area contributed by atoms with Crippen molar-refractivity contribution in [2.45, 2.75) is 79.2 Å². The number of carbonyl (C=O) groups excluding carboxylic acids is 2. The van der Waals surface area contributed by atoms with E-state index in [0.717, 1.165) is 48.1 Å². The Morgan fingerprint density at radius 3 is 2.52 bits per heavy atom. The van der Waals surface area contributed by atoms with Crippen molar-refractivity contribution in [1.82, 2.24) is 0 Å². The second kappa shape index (κ2) is 6.81. The fraction of sp³-hybridized carbons (Fsp3) is 0.565. The summed E-state index contributed by atoms with van der Waals surface area (Å²) >= 11 is 0. The average molecular weight is 370 g/mol. The minimum Gasteiger partial charge on any atom is -0.482 e. The van der Waals surface area contributed by atoms with Crippen LogP contribution in [0.4, 0.5) is 0 Å². The number of fused-ring (bicyclic) bond motifs is 2. The molecule has 0 radical (unpaired) electrons. The predicted molar refractivity (Wildman–Crippen MR) is 106 cm³/mol. The summed E-state index contributed by atoms with van der Waals surface area (Å²) in [6.45, 7) is 11.4. The van der Waals surface area contributed by atoms with E-state index in [2.05, 4.69) is 13.0 Å². The van der Waals surface area contributed by atoms with Crippen LogP contribution in [0.3, 0.4) is 0 Å². The number of ether oxygens (including phenoxy) is 2. The van der Waals surface area contributed by atoms with Gasteiger partial charge in [0.05, 0.1) is 5.56 Å². The molecule has 0 fully saturated rings. The summed E-state index contributed by atoms with van der Waals surface area (Å²) in [7, 11) is 0. The molecule has 3 rings (SSSR count). The predicted octanol–water partition coefficient (Wildman–Crippen LogP) is 5.27. The zero-order valence-electron chi connectivity index (χ0n) is 17.3. The third-order valence-electron chi connectivity index (χ3n) is 5.48. The van der Waals surface area contributed by atoms with E-state index in [-0.39, 0.29) is 11.8 Å². The van der Waals surface area contributed by atoms with Gasteiger partial charge < -0.3 is 9.47 Å². The molecule has 0 aromatic heterocycles. The number of benzene rings is 1. The monoisotopic (exact) mass is 370 g/mol. The lowest BCUT2D eigenvalue weighted by Gasteiger charge is -2.35. The van der Waals surface area contributed by atoms with Gasteiger partial charge in [0.2, 0.25) is 0 Å². The molecule has 27 heavy (non-hydrogen) atoms. The van der Waals surface area contributed by atoms with Crippen molar-refractivity contribution in [1.29, 1.82) is 0 Å². The molecule has 2 aliphatic rings. The number of carbonyl (C=O) groups is 2. The van der Waals surface area contributed by atoms with Crippen molar-refractivity contribution in [2.24, 2.45) is 5.41 Å². The van der Waals surface area contributed by atoms with Crippen LogP contribution in [0, 0.1) is 5.41 Å². The van der Waals surface area contributed by atoms with Gasteiger partial charge in [-0.05, 0) is 56.4 Å². The molecule has 1 aliphatic carbocycles. The van der Waals surface area contributed by atoms with Gasteiger partial charge in [0.15, 0.2) is 5.78 Å². The highest BCUT2D eigenvalue weighted by Gasteiger charge is 2.50. The third-order valence-corrected chi connectivity index (χ3v) is 5.48. The van der Waals surface area contributed by atoms with Crippen LogP contribution in [0.1, 0.15) is 78.4 Å². The maximum Gasteiger partial charge on any atom is 0.308 e. The average Bonchev–Trinajstić information content (AvgIpc) is 2.76. The topological polar surface area (TPSA) is 52.6 Å². The molecule has 146 valence electrons. The molecule has 0 spiro atoms. The highest BCUT2D eigenvalue weighted by molar-refractivity contribution is 6.13. The number of allylic oxidation sites excluding steroid dienone is 1. The zero-order chi connectivity index (χ0) is 20.0. The van der Waals surface area contributed by atoms with Crippen LogP contribution < -0.4 is 9.47 Å². The van der Waals surface area contributed by atoms with E-state index in [9.17, 15) is 9.59 Å². The van der Waals surface area contributed by atoms with Crippen molar-refractivity contribution in [2.75, 3.05) is 0 Å². The molecule has 1 aromatic carbocycles. The largest absolute Gasteiger partial charge is 0.482 e. The number of aryl methyl sites for hydroxylation is 1. The molecular formula is C23H30O4. The number of ketones is 1. The van der Waals surface area contributed by atoms with Crippen LogP contribution >= 0.6 is 0 Å². The molecule has 4 heteroatoms. The first-order valence-electron chi connectivity index (χ1n) is 9.90. The van der Waals surface area contributed by atoms with Crippen LogP contribution in [0.15, 0.2) is 17.7 Å². The Balaban J connectivity index is 2.15. The van der Waals surface area contributed by atoms with Crippen molar-refractivity contribution in [3.05, 3.63) is 28.8 Å².